The number of anilines is 1. The lowest BCUT2D eigenvalue weighted by Gasteiger charge is -2.27. The standard InChI is InChI=1S/C27H30N4O6/c1-16(11-13-37-18-5-2-4-17(14-18)15-22(28)32)10-12-29-20-7-3-6-19-24(20)27(36)31(26(19)35)21-8-9-23(33)30-25(21)34/h2-7,14,16,21,29H,8-13,15H2,1H3,(H2,28,32)(H,30,33,34). The zero-order valence-electron chi connectivity index (χ0n) is 20.6. The molecule has 194 valence electrons. The van der Waals surface area contributed by atoms with Crippen molar-refractivity contribution in [3.8, 4) is 5.75 Å². The topological polar surface area (TPSA) is 148 Å². The van der Waals surface area contributed by atoms with E-state index in [4.69, 9.17) is 10.5 Å². The highest BCUT2D eigenvalue weighted by atomic mass is 16.5. The van der Waals surface area contributed by atoms with Crippen LogP contribution in [0.4, 0.5) is 5.69 Å². The van der Waals surface area contributed by atoms with Crippen LogP contribution in [0.15, 0.2) is 42.5 Å². The first kappa shape index (κ1) is 25.9. The minimum absolute atomic E-state index is 0.0787. The summed E-state index contributed by atoms with van der Waals surface area (Å²) in [4.78, 5) is 61.9. The molecule has 1 saturated heterocycles. The molecule has 4 N–H and O–H groups in total. The maximum atomic E-state index is 13.2. The number of rotatable bonds is 11. The van der Waals surface area contributed by atoms with Crippen molar-refractivity contribution in [3.05, 3.63) is 59.2 Å². The van der Waals surface area contributed by atoms with Gasteiger partial charge >= 0.3 is 0 Å². The highest BCUT2D eigenvalue weighted by Gasteiger charge is 2.45. The Labute approximate surface area is 214 Å². The normalized spacial score (nSPS) is 17.9. The van der Waals surface area contributed by atoms with Crippen LogP contribution < -0.4 is 21.1 Å². The number of nitrogens with one attached hydrogen (secondary N) is 2. The molecule has 2 heterocycles. The van der Waals surface area contributed by atoms with Gasteiger partial charge in [0.05, 0.1) is 24.2 Å². The Morgan fingerprint density at radius 3 is 2.68 bits per heavy atom. The molecule has 2 unspecified atom stereocenters. The fourth-order valence-electron chi connectivity index (χ4n) is 4.58. The second kappa shape index (κ2) is 11.2. The Bertz CT molecular complexity index is 1240. The van der Waals surface area contributed by atoms with Crippen LogP contribution in [0, 0.1) is 5.92 Å². The van der Waals surface area contributed by atoms with Gasteiger partial charge < -0.3 is 15.8 Å². The van der Waals surface area contributed by atoms with Crippen LogP contribution in [0.3, 0.4) is 0 Å². The molecular formula is C27H30N4O6. The molecule has 2 aromatic rings. The van der Waals surface area contributed by atoms with Gasteiger partial charge in [0, 0.05) is 18.7 Å². The number of primary amides is 1. The third kappa shape index (κ3) is 5.96. The van der Waals surface area contributed by atoms with Crippen LogP contribution in [0.1, 0.15) is 58.9 Å². The van der Waals surface area contributed by atoms with Crippen LogP contribution in [0.25, 0.3) is 0 Å². The molecule has 4 rings (SSSR count). The van der Waals surface area contributed by atoms with Gasteiger partial charge in [0.1, 0.15) is 11.8 Å². The van der Waals surface area contributed by atoms with Crippen molar-refractivity contribution in [3.63, 3.8) is 0 Å². The molecule has 0 spiro atoms. The molecule has 2 atom stereocenters. The van der Waals surface area contributed by atoms with E-state index in [0.29, 0.717) is 30.5 Å². The van der Waals surface area contributed by atoms with Gasteiger partial charge in [-0.2, -0.15) is 0 Å². The molecular weight excluding hydrogens is 476 g/mol. The number of carbonyl (C=O) groups is 5. The number of fused-ring (bicyclic) bond motifs is 1. The number of carbonyl (C=O) groups excluding carboxylic acids is 5. The lowest BCUT2D eigenvalue weighted by molar-refractivity contribution is -0.136. The predicted molar refractivity (Wildman–Crippen MR) is 135 cm³/mol. The van der Waals surface area contributed by atoms with Gasteiger partial charge in [-0.1, -0.05) is 25.1 Å². The number of hydrogen-bond donors (Lipinski definition) is 3. The minimum Gasteiger partial charge on any atom is -0.494 e. The molecule has 0 bridgehead atoms. The van der Waals surface area contributed by atoms with Gasteiger partial charge in [-0.25, -0.2) is 0 Å². The number of nitrogens with two attached hydrogens (primary N) is 1. The summed E-state index contributed by atoms with van der Waals surface area (Å²) < 4.78 is 5.82. The maximum absolute atomic E-state index is 13.2. The van der Waals surface area contributed by atoms with Gasteiger partial charge in [-0.05, 0) is 55.0 Å². The summed E-state index contributed by atoms with van der Waals surface area (Å²) >= 11 is 0. The van der Waals surface area contributed by atoms with E-state index in [0.717, 1.165) is 23.3 Å². The van der Waals surface area contributed by atoms with Crippen LogP contribution in [-0.2, 0) is 20.8 Å². The monoisotopic (exact) mass is 506 g/mol. The summed E-state index contributed by atoms with van der Waals surface area (Å²) in [5.74, 6) is -1.48. The molecule has 2 aliphatic rings. The summed E-state index contributed by atoms with van der Waals surface area (Å²) in [7, 11) is 0. The first-order valence-corrected chi connectivity index (χ1v) is 12.3. The molecule has 2 aromatic carbocycles. The number of hydrogen-bond acceptors (Lipinski definition) is 7. The van der Waals surface area contributed by atoms with E-state index in [1.807, 2.05) is 24.3 Å². The highest BCUT2D eigenvalue weighted by molar-refractivity contribution is 6.25. The molecule has 10 heteroatoms. The Kier molecular flexibility index (Phi) is 7.86. The highest BCUT2D eigenvalue weighted by Crippen LogP contribution is 2.32. The zero-order valence-corrected chi connectivity index (χ0v) is 20.6. The van der Waals surface area contributed by atoms with E-state index in [2.05, 4.69) is 17.6 Å². The van der Waals surface area contributed by atoms with Crippen molar-refractivity contribution in [1.82, 2.24) is 10.2 Å². The summed E-state index contributed by atoms with van der Waals surface area (Å²) in [6, 6.07) is 11.3. The van der Waals surface area contributed by atoms with Gasteiger partial charge in [0.2, 0.25) is 17.7 Å². The van der Waals surface area contributed by atoms with Crippen LogP contribution in [0.5, 0.6) is 5.75 Å². The second-order valence-corrected chi connectivity index (χ2v) is 9.42. The van der Waals surface area contributed by atoms with E-state index < -0.39 is 35.6 Å². The van der Waals surface area contributed by atoms with Crippen molar-refractivity contribution in [2.24, 2.45) is 11.7 Å². The van der Waals surface area contributed by atoms with Crippen LogP contribution in [-0.4, -0.2) is 53.6 Å². The van der Waals surface area contributed by atoms with Gasteiger partial charge in [0.15, 0.2) is 0 Å². The van der Waals surface area contributed by atoms with Crippen LogP contribution >= 0.6 is 0 Å². The van der Waals surface area contributed by atoms with E-state index >= 15 is 0 Å². The Hall–Kier alpha value is -4.21. The largest absolute Gasteiger partial charge is 0.494 e. The first-order chi connectivity index (χ1) is 17.7. The predicted octanol–water partition coefficient (Wildman–Crippen LogP) is 2.02. The van der Waals surface area contributed by atoms with Crippen molar-refractivity contribution >= 4 is 35.2 Å². The van der Waals surface area contributed by atoms with Crippen molar-refractivity contribution in [2.45, 2.75) is 45.1 Å². The molecule has 2 aliphatic heterocycles. The summed E-state index contributed by atoms with van der Waals surface area (Å²) in [6.45, 7) is 3.19. The van der Waals surface area contributed by atoms with E-state index in [-0.39, 0.29) is 30.4 Å². The van der Waals surface area contributed by atoms with E-state index in [1.165, 1.54) is 0 Å². The molecule has 0 aliphatic carbocycles. The SMILES string of the molecule is CC(CCNc1cccc2c1C(=O)N(C1CCC(=O)NC1=O)C2=O)CCOc1cccc(CC(N)=O)c1. The molecule has 5 amide bonds. The molecule has 1 fully saturated rings. The number of ether oxygens (including phenoxy) is 1. The second-order valence-electron chi connectivity index (χ2n) is 9.42. The Morgan fingerprint density at radius 1 is 1.14 bits per heavy atom. The van der Waals surface area contributed by atoms with Gasteiger partial charge in [-0.3, -0.25) is 34.2 Å². The smallest absolute Gasteiger partial charge is 0.264 e. The van der Waals surface area contributed by atoms with Crippen molar-refractivity contribution in [2.75, 3.05) is 18.5 Å². The Balaban J connectivity index is 1.29. The molecule has 0 aromatic heterocycles. The molecule has 37 heavy (non-hydrogen) atoms. The van der Waals surface area contributed by atoms with Crippen LogP contribution in [0.2, 0.25) is 0 Å². The first-order valence-electron chi connectivity index (χ1n) is 12.3. The summed E-state index contributed by atoms with van der Waals surface area (Å²) in [5, 5.41) is 5.47. The number of amides is 5. The van der Waals surface area contributed by atoms with Crippen molar-refractivity contribution in [1.29, 1.82) is 0 Å². The summed E-state index contributed by atoms with van der Waals surface area (Å²) in [5.41, 5.74) is 7.10. The van der Waals surface area contributed by atoms with Gasteiger partial charge in [-0.15, -0.1) is 0 Å². The van der Waals surface area contributed by atoms with E-state index in [9.17, 15) is 24.0 Å². The number of nitrogens with zero attached hydrogens (tertiary/aromatic N) is 1. The quantitative estimate of drug-likeness (QED) is 0.395. The molecule has 0 saturated carbocycles. The maximum Gasteiger partial charge on any atom is 0.264 e. The fraction of sp³-hybridized carbons (Fsp3) is 0.370. The zero-order chi connectivity index (χ0) is 26.5. The molecule has 10 nitrogen and oxygen atoms in total. The number of piperidine rings is 1. The lowest BCUT2D eigenvalue weighted by Crippen LogP contribution is -2.54. The molecule has 0 radical (unpaired) electrons. The van der Waals surface area contributed by atoms with E-state index in [1.54, 1.807) is 18.2 Å². The van der Waals surface area contributed by atoms with Gasteiger partial charge in [0.25, 0.3) is 11.8 Å². The third-order valence-corrected chi connectivity index (χ3v) is 6.58. The lowest BCUT2D eigenvalue weighted by atomic mass is 10.0. The average molecular weight is 507 g/mol. The number of imide groups is 2. The fourth-order valence-corrected chi connectivity index (χ4v) is 4.58. The minimum atomic E-state index is -0.991. The number of benzene rings is 2. The third-order valence-electron chi connectivity index (χ3n) is 6.58. The summed E-state index contributed by atoms with van der Waals surface area (Å²) in [6.07, 6.45) is 1.97. The Morgan fingerprint density at radius 2 is 1.92 bits per heavy atom. The average Bonchev–Trinajstić information content (AvgIpc) is 3.10. The van der Waals surface area contributed by atoms with Crippen molar-refractivity contribution < 1.29 is 28.7 Å².